The van der Waals surface area contributed by atoms with Crippen LogP contribution in [0.15, 0.2) is 59.1 Å². The molecule has 1 atom stereocenters. The van der Waals surface area contributed by atoms with Crippen molar-refractivity contribution in [2.75, 3.05) is 26.2 Å². The second-order valence-electron chi connectivity index (χ2n) is 9.33. The van der Waals surface area contributed by atoms with Crippen LogP contribution >= 0.6 is 15.9 Å². The van der Waals surface area contributed by atoms with Crippen molar-refractivity contribution in [3.05, 3.63) is 64.6 Å². The Morgan fingerprint density at radius 2 is 1.91 bits per heavy atom. The summed E-state index contributed by atoms with van der Waals surface area (Å²) in [6.45, 7) is 3.90. The van der Waals surface area contributed by atoms with Crippen molar-refractivity contribution < 1.29 is 14.3 Å². The number of amides is 2. The van der Waals surface area contributed by atoms with Gasteiger partial charge in [-0.05, 0) is 55.0 Å². The van der Waals surface area contributed by atoms with E-state index in [9.17, 15) is 9.59 Å². The molecule has 0 radical (unpaired) electrons. The monoisotopic (exact) mass is 540 g/mol. The van der Waals surface area contributed by atoms with Crippen LogP contribution in [0.4, 0.5) is 0 Å². The average Bonchev–Trinajstić information content (AvgIpc) is 3.12. The van der Waals surface area contributed by atoms with Gasteiger partial charge in [0, 0.05) is 24.1 Å². The number of benzene rings is 2. The van der Waals surface area contributed by atoms with E-state index in [1.165, 1.54) is 0 Å². The fourth-order valence-corrected chi connectivity index (χ4v) is 5.31. The second kappa shape index (κ2) is 11.2. The van der Waals surface area contributed by atoms with E-state index < -0.39 is 5.54 Å². The van der Waals surface area contributed by atoms with Gasteiger partial charge in [0.05, 0.1) is 0 Å². The molecule has 7 nitrogen and oxygen atoms in total. The molecule has 2 saturated heterocycles. The van der Waals surface area contributed by atoms with E-state index in [1.807, 2.05) is 59.5 Å². The Hall–Kier alpha value is -2.87. The lowest BCUT2D eigenvalue weighted by molar-refractivity contribution is -0.136. The van der Waals surface area contributed by atoms with Crippen LogP contribution in [-0.2, 0) is 15.1 Å². The van der Waals surface area contributed by atoms with Crippen LogP contribution < -0.4 is 10.1 Å². The summed E-state index contributed by atoms with van der Waals surface area (Å²) in [5, 5.41) is 11.8. The standard InChI is InChI=1S/C27H33BrN4O3/c1-2-3-14-27(21-8-7-9-22(28)17-21)25(34)32(26(29)30-27)18-20-12-15-31(16-13-20)24(33)19-35-23-10-5-4-6-11-23/h4-11,17,20H,2-3,12-16,18-19H2,1H3,(H2,29,30). The highest BCUT2D eigenvalue weighted by molar-refractivity contribution is 9.10. The summed E-state index contributed by atoms with van der Waals surface area (Å²) < 4.78 is 6.52. The van der Waals surface area contributed by atoms with Gasteiger partial charge in [0.15, 0.2) is 12.6 Å². The van der Waals surface area contributed by atoms with Crippen molar-refractivity contribution in [3.8, 4) is 5.75 Å². The summed E-state index contributed by atoms with van der Waals surface area (Å²) >= 11 is 3.53. The van der Waals surface area contributed by atoms with Gasteiger partial charge in [0.25, 0.3) is 11.8 Å². The number of likely N-dealkylation sites (tertiary alicyclic amines) is 1. The maximum atomic E-state index is 13.7. The highest BCUT2D eigenvalue weighted by atomic mass is 79.9. The molecule has 2 aromatic rings. The summed E-state index contributed by atoms with van der Waals surface area (Å²) in [6.07, 6.45) is 4.10. The maximum absolute atomic E-state index is 13.7. The number of piperidine rings is 1. The summed E-state index contributed by atoms with van der Waals surface area (Å²) in [6, 6.07) is 17.2. The van der Waals surface area contributed by atoms with Gasteiger partial charge >= 0.3 is 0 Å². The molecule has 2 heterocycles. The minimum absolute atomic E-state index is 0.0211. The number of carbonyl (C=O) groups is 2. The predicted molar refractivity (Wildman–Crippen MR) is 139 cm³/mol. The van der Waals surface area contributed by atoms with Gasteiger partial charge < -0.3 is 15.0 Å². The van der Waals surface area contributed by atoms with Crippen LogP contribution in [0.1, 0.15) is 44.6 Å². The molecule has 0 aliphatic carbocycles. The highest BCUT2D eigenvalue weighted by Crippen LogP contribution is 2.36. The van der Waals surface area contributed by atoms with E-state index in [4.69, 9.17) is 10.1 Å². The number of para-hydroxylation sites is 1. The van der Waals surface area contributed by atoms with Crippen LogP contribution in [0, 0.1) is 11.3 Å². The lowest BCUT2D eigenvalue weighted by Gasteiger charge is -2.34. The summed E-state index contributed by atoms with van der Waals surface area (Å²) in [7, 11) is 0. The van der Waals surface area contributed by atoms with Crippen molar-refractivity contribution >= 4 is 33.7 Å². The molecular weight excluding hydrogens is 508 g/mol. The number of hydrogen-bond donors (Lipinski definition) is 2. The van der Waals surface area contributed by atoms with Crippen LogP contribution in [0.3, 0.4) is 0 Å². The van der Waals surface area contributed by atoms with Crippen molar-refractivity contribution in [1.29, 1.82) is 5.41 Å². The Kier molecular flexibility index (Phi) is 8.11. The minimum Gasteiger partial charge on any atom is -0.484 e. The van der Waals surface area contributed by atoms with Gasteiger partial charge in [0.2, 0.25) is 0 Å². The van der Waals surface area contributed by atoms with Crippen LogP contribution in [0.25, 0.3) is 0 Å². The molecule has 2 N–H and O–H groups in total. The van der Waals surface area contributed by atoms with Gasteiger partial charge in [0.1, 0.15) is 11.3 Å². The Balaban J connectivity index is 1.36. The minimum atomic E-state index is -0.900. The van der Waals surface area contributed by atoms with Crippen molar-refractivity contribution in [2.24, 2.45) is 5.92 Å². The second-order valence-corrected chi connectivity index (χ2v) is 10.3. The normalized spacial score (nSPS) is 20.7. The molecule has 2 aliphatic heterocycles. The number of halogens is 1. The zero-order chi connectivity index (χ0) is 24.8. The molecule has 2 aromatic carbocycles. The lowest BCUT2D eigenvalue weighted by atomic mass is 9.84. The van der Waals surface area contributed by atoms with Gasteiger partial charge in [-0.2, -0.15) is 0 Å². The van der Waals surface area contributed by atoms with Gasteiger partial charge in [-0.3, -0.25) is 19.9 Å². The van der Waals surface area contributed by atoms with Gasteiger partial charge in [-0.25, -0.2) is 0 Å². The zero-order valence-electron chi connectivity index (χ0n) is 20.1. The van der Waals surface area contributed by atoms with Crippen molar-refractivity contribution in [3.63, 3.8) is 0 Å². The SMILES string of the molecule is CCCCC1(c2cccc(Br)c2)NC(=N)N(CC2CCN(C(=O)COc3ccccc3)CC2)C1=O. The third-order valence-corrected chi connectivity index (χ3v) is 7.44. The molecule has 2 aliphatic rings. The number of guanidine groups is 1. The van der Waals surface area contributed by atoms with Crippen LogP contribution in [0.5, 0.6) is 5.75 Å². The van der Waals surface area contributed by atoms with Crippen molar-refractivity contribution in [2.45, 2.75) is 44.6 Å². The van der Waals surface area contributed by atoms with Gasteiger partial charge in [-0.1, -0.05) is 66.0 Å². The number of nitrogens with zero attached hydrogens (tertiary/aromatic N) is 2. The number of ether oxygens (including phenoxy) is 1. The molecule has 2 fully saturated rings. The zero-order valence-corrected chi connectivity index (χ0v) is 21.7. The largest absolute Gasteiger partial charge is 0.484 e. The van der Waals surface area contributed by atoms with Crippen molar-refractivity contribution in [1.82, 2.24) is 15.1 Å². The fourth-order valence-electron chi connectivity index (χ4n) is 4.91. The molecule has 0 spiro atoms. The molecule has 186 valence electrons. The predicted octanol–water partition coefficient (Wildman–Crippen LogP) is 4.52. The van der Waals surface area contributed by atoms with E-state index in [0.717, 1.165) is 35.7 Å². The number of hydrogen-bond acceptors (Lipinski definition) is 4. The Morgan fingerprint density at radius 3 is 2.60 bits per heavy atom. The highest BCUT2D eigenvalue weighted by Gasteiger charge is 2.50. The molecule has 2 amide bonds. The topological polar surface area (TPSA) is 85.7 Å². The number of unbranched alkanes of at least 4 members (excludes halogenated alkanes) is 1. The molecule has 0 aromatic heterocycles. The maximum Gasteiger partial charge on any atom is 0.260 e. The molecule has 0 saturated carbocycles. The molecule has 1 unspecified atom stereocenters. The van der Waals surface area contributed by atoms with Crippen LogP contribution in [0.2, 0.25) is 0 Å². The first-order valence-electron chi connectivity index (χ1n) is 12.3. The smallest absolute Gasteiger partial charge is 0.260 e. The van der Waals surface area contributed by atoms with E-state index in [1.54, 1.807) is 4.90 Å². The summed E-state index contributed by atoms with van der Waals surface area (Å²) in [4.78, 5) is 29.8. The Bertz CT molecular complexity index is 1060. The van der Waals surface area contributed by atoms with E-state index in [2.05, 4.69) is 28.2 Å². The fraction of sp³-hybridized carbons (Fsp3) is 0.444. The third kappa shape index (κ3) is 5.69. The molecule has 4 rings (SSSR count). The Labute approximate surface area is 215 Å². The third-order valence-electron chi connectivity index (χ3n) is 6.95. The summed E-state index contributed by atoms with van der Waals surface area (Å²) in [5.41, 5.74) is -0.0149. The van der Waals surface area contributed by atoms with Gasteiger partial charge in [-0.15, -0.1) is 0 Å². The first-order chi connectivity index (χ1) is 16.9. The summed E-state index contributed by atoms with van der Waals surface area (Å²) in [5.74, 6) is 1.02. The first kappa shape index (κ1) is 25.2. The molecule has 35 heavy (non-hydrogen) atoms. The van der Waals surface area contributed by atoms with Crippen LogP contribution in [-0.4, -0.2) is 53.8 Å². The van der Waals surface area contributed by atoms with E-state index in [-0.39, 0.29) is 30.3 Å². The Morgan fingerprint density at radius 1 is 1.17 bits per heavy atom. The lowest BCUT2D eigenvalue weighted by Crippen LogP contribution is -2.46. The quantitative estimate of drug-likeness (QED) is 0.489. The number of nitrogens with one attached hydrogen (secondary N) is 2. The van der Waals surface area contributed by atoms with E-state index >= 15 is 0 Å². The molecule has 8 heteroatoms. The van der Waals surface area contributed by atoms with E-state index in [0.29, 0.717) is 31.8 Å². The molecular formula is C27H33BrN4O3. The molecule has 0 bridgehead atoms. The number of rotatable bonds is 9. The number of carbonyl (C=O) groups excluding carboxylic acids is 2. The average molecular weight is 541 g/mol. The first-order valence-corrected chi connectivity index (χ1v) is 13.1.